The van der Waals surface area contributed by atoms with E-state index in [1.54, 1.807) is 4.90 Å². The van der Waals surface area contributed by atoms with Crippen molar-refractivity contribution in [1.29, 1.82) is 0 Å². The highest BCUT2D eigenvalue weighted by atomic mass is 16.4. The van der Waals surface area contributed by atoms with E-state index in [1.165, 1.54) is 0 Å². The largest absolute Gasteiger partial charge is 0.409 e. The molecule has 1 amide bonds. The van der Waals surface area contributed by atoms with Crippen molar-refractivity contribution in [3.05, 3.63) is 35.9 Å². The minimum atomic E-state index is 0.00505. The highest BCUT2D eigenvalue weighted by Crippen LogP contribution is 2.07. The molecular formula is C14H21N3O2. The Balaban J connectivity index is 2.58. The number of hydrogen-bond acceptors (Lipinski definition) is 3. The van der Waals surface area contributed by atoms with Crippen LogP contribution in [-0.2, 0) is 11.2 Å². The molecule has 0 heterocycles. The van der Waals surface area contributed by atoms with Gasteiger partial charge in [0.1, 0.15) is 0 Å². The van der Waals surface area contributed by atoms with E-state index in [1.807, 2.05) is 44.2 Å². The van der Waals surface area contributed by atoms with Gasteiger partial charge in [-0.15, -0.1) is 0 Å². The van der Waals surface area contributed by atoms with E-state index in [0.717, 1.165) is 5.56 Å². The number of amides is 1. The Hall–Kier alpha value is -2.04. The lowest BCUT2D eigenvalue weighted by atomic mass is 10.1. The Kier molecular flexibility index (Phi) is 5.85. The van der Waals surface area contributed by atoms with Crippen molar-refractivity contribution >= 4 is 11.7 Å². The molecule has 0 radical (unpaired) electrons. The Bertz CT molecular complexity index is 430. The lowest BCUT2D eigenvalue weighted by Gasteiger charge is -2.26. The van der Waals surface area contributed by atoms with E-state index < -0.39 is 0 Å². The van der Waals surface area contributed by atoms with Crippen molar-refractivity contribution < 1.29 is 10.0 Å². The van der Waals surface area contributed by atoms with Gasteiger partial charge in [0, 0.05) is 12.5 Å². The zero-order valence-electron chi connectivity index (χ0n) is 11.4. The van der Waals surface area contributed by atoms with Crippen molar-refractivity contribution in [2.24, 2.45) is 10.9 Å². The maximum absolute atomic E-state index is 12.1. The molecule has 0 saturated heterocycles. The Morgan fingerprint density at radius 1 is 1.37 bits per heavy atom. The molecule has 104 valence electrons. The van der Waals surface area contributed by atoms with Crippen molar-refractivity contribution in [2.45, 2.75) is 32.7 Å². The molecule has 5 heteroatoms. The van der Waals surface area contributed by atoms with Gasteiger partial charge in [0.25, 0.3) is 0 Å². The number of carbonyl (C=O) groups excluding carboxylic acids is 1. The van der Waals surface area contributed by atoms with Crippen LogP contribution < -0.4 is 5.73 Å². The monoisotopic (exact) mass is 263 g/mol. The topological polar surface area (TPSA) is 78.9 Å². The van der Waals surface area contributed by atoms with Gasteiger partial charge in [-0.25, -0.2) is 0 Å². The first-order valence-corrected chi connectivity index (χ1v) is 6.34. The molecule has 0 unspecified atom stereocenters. The molecule has 5 nitrogen and oxygen atoms in total. The zero-order valence-corrected chi connectivity index (χ0v) is 11.4. The average Bonchev–Trinajstić information content (AvgIpc) is 2.42. The highest BCUT2D eigenvalue weighted by Gasteiger charge is 2.17. The summed E-state index contributed by atoms with van der Waals surface area (Å²) < 4.78 is 0. The van der Waals surface area contributed by atoms with Crippen LogP contribution in [0.5, 0.6) is 0 Å². The molecule has 0 aromatic heterocycles. The molecule has 0 aliphatic rings. The molecule has 0 saturated carbocycles. The van der Waals surface area contributed by atoms with Crippen LogP contribution in [0.1, 0.15) is 25.8 Å². The van der Waals surface area contributed by atoms with Gasteiger partial charge in [-0.3, -0.25) is 4.79 Å². The minimum Gasteiger partial charge on any atom is -0.409 e. The molecule has 0 atom stereocenters. The maximum atomic E-state index is 12.1. The molecule has 19 heavy (non-hydrogen) atoms. The zero-order chi connectivity index (χ0) is 14.3. The predicted octanol–water partition coefficient (Wildman–Crippen LogP) is 1.60. The van der Waals surface area contributed by atoms with Crippen LogP contribution in [0.25, 0.3) is 0 Å². The second-order valence-corrected chi connectivity index (χ2v) is 4.69. The predicted molar refractivity (Wildman–Crippen MR) is 75.0 cm³/mol. The van der Waals surface area contributed by atoms with Crippen LogP contribution in [0.4, 0.5) is 0 Å². The summed E-state index contributed by atoms with van der Waals surface area (Å²) in [4.78, 5) is 13.8. The third-order valence-electron chi connectivity index (χ3n) is 2.87. The van der Waals surface area contributed by atoms with Gasteiger partial charge >= 0.3 is 0 Å². The van der Waals surface area contributed by atoms with Crippen molar-refractivity contribution in [1.82, 2.24) is 4.90 Å². The number of aryl methyl sites for hydroxylation is 1. The number of carbonyl (C=O) groups is 1. The summed E-state index contributed by atoms with van der Waals surface area (Å²) in [7, 11) is 0. The van der Waals surface area contributed by atoms with Gasteiger partial charge in [-0.2, -0.15) is 0 Å². The first kappa shape index (κ1) is 15.0. The number of rotatable bonds is 6. The normalized spacial score (nSPS) is 11.6. The number of hydrogen-bond donors (Lipinski definition) is 2. The number of amidine groups is 1. The fourth-order valence-electron chi connectivity index (χ4n) is 1.80. The van der Waals surface area contributed by atoms with E-state index in [2.05, 4.69) is 5.16 Å². The summed E-state index contributed by atoms with van der Waals surface area (Å²) in [5, 5.41) is 11.5. The molecule has 0 bridgehead atoms. The minimum absolute atomic E-state index is 0.00505. The number of nitrogens with two attached hydrogens (primary N) is 1. The summed E-state index contributed by atoms with van der Waals surface area (Å²) in [6.45, 7) is 3.97. The average molecular weight is 263 g/mol. The summed E-state index contributed by atoms with van der Waals surface area (Å²) in [5.74, 6) is 0.0483. The molecule has 0 spiro atoms. The van der Waals surface area contributed by atoms with Gasteiger partial charge in [-0.05, 0) is 25.8 Å². The summed E-state index contributed by atoms with van der Waals surface area (Å²) in [5.41, 5.74) is 6.59. The quantitative estimate of drug-likeness (QED) is 0.354. The third kappa shape index (κ3) is 4.99. The third-order valence-corrected chi connectivity index (χ3v) is 2.87. The van der Waals surface area contributed by atoms with Crippen LogP contribution in [0.15, 0.2) is 35.5 Å². The fourth-order valence-corrected chi connectivity index (χ4v) is 1.80. The van der Waals surface area contributed by atoms with Gasteiger partial charge in [0.05, 0.1) is 6.54 Å². The summed E-state index contributed by atoms with van der Waals surface area (Å²) in [6.07, 6.45) is 1.11. The second-order valence-electron chi connectivity index (χ2n) is 4.69. The molecule has 0 fully saturated rings. The van der Waals surface area contributed by atoms with Crippen LogP contribution in [-0.4, -0.2) is 34.4 Å². The molecule has 0 aliphatic heterocycles. The second kappa shape index (κ2) is 7.41. The maximum Gasteiger partial charge on any atom is 0.223 e. The van der Waals surface area contributed by atoms with Crippen LogP contribution in [0.3, 0.4) is 0 Å². The SMILES string of the molecule is CC(C)N(CC(N)=NO)C(=O)CCc1ccccc1. The summed E-state index contributed by atoms with van der Waals surface area (Å²) in [6, 6.07) is 9.87. The van der Waals surface area contributed by atoms with Crippen molar-refractivity contribution in [3.63, 3.8) is 0 Å². The Morgan fingerprint density at radius 3 is 2.53 bits per heavy atom. The van der Waals surface area contributed by atoms with Crippen LogP contribution in [0, 0.1) is 0 Å². The lowest BCUT2D eigenvalue weighted by Crippen LogP contribution is -2.42. The van der Waals surface area contributed by atoms with Crippen LogP contribution >= 0.6 is 0 Å². The van der Waals surface area contributed by atoms with E-state index in [4.69, 9.17) is 10.9 Å². The Morgan fingerprint density at radius 2 is 2.00 bits per heavy atom. The first-order chi connectivity index (χ1) is 9.04. The van der Waals surface area contributed by atoms with Crippen LogP contribution in [0.2, 0.25) is 0 Å². The van der Waals surface area contributed by atoms with E-state index in [0.29, 0.717) is 12.8 Å². The van der Waals surface area contributed by atoms with E-state index in [9.17, 15) is 4.79 Å². The highest BCUT2D eigenvalue weighted by molar-refractivity contribution is 5.87. The van der Waals surface area contributed by atoms with Crippen molar-refractivity contribution in [3.8, 4) is 0 Å². The van der Waals surface area contributed by atoms with Gasteiger partial charge in [-0.1, -0.05) is 35.5 Å². The molecule has 1 rings (SSSR count). The standard InChI is InChI=1S/C14H21N3O2/c1-11(2)17(10-13(15)16-19)14(18)9-8-12-6-4-3-5-7-12/h3-7,11,19H,8-10H2,1-2H3,(H2,15,16). The number of benzene rings is 1. The molecule has 3 N–H and O–H groups in total. The molecule has 0 aliphatic carbocycles. The van der Waals surface area contributed by atoms with Gasteiger partial charge in [0.2, 0.25) is 5.91 Å². The van der Waals surface area contributed by atoms with Crippen molar-refractivity contribution in [2.75, 3.05) is 6.54 Å². The first-order valence-electron chi connectivity index (χ1n) is 6.34. The Labute approximate surface area is 113 Å². The number of nitrogens with zero attached hydrogens (tertiary/aromatic N) is 2. The molecule has 1 aromatic rings. The van der Waals surface area contributed by atoms with E-state index in [-0.39, 0.29) is 24.3 Å². The smallest absolute Gasteiger partial charge is 0.223 e. The summed E-state index contributed by atoms with van der Waals surface area (Å²) >= 11 is 0. The fraction of sp³-hybridized carbons (Fsp3) is 0.429. The van der Waals surface area contributed by atoms with Gasteiger partial charge in [0.15, 0.2) is 5.84 Å². The molecule has 1 aromatic carbocycles. The van der Waals surface area contributed by atoms with E-state index >= 15 is 0 Å². The number of oxime groups is 1. The lowest BCUT2D eigenvalue weighted by molar-refractivity contribution is -0.132. The molecular weight excluding hydrogens is 242 g/mol. The van der Waals surface area contributed by atoms with Gasteiger partial charge < -0.3 is 15.8 Å².